The van der Waals surface area contributed by atoms with Crippen LogP contribution >= 0.6 is 0 Å². The van der Waals surface area contributed by atoms with Crippen molar-refractivity contribution in [3.05, 3.63) is 59.7 Å². The first-order chi connectivity index (χ1) is 12.8. The Morgan fingerprint density at radius 2 is 1.78 bits per heavy atom. The Labute approximate surface area is 156 Å². The number of nitrogens with zero attached hydrogens (tertiary/aromatic N) is 1. The Balaban J connectivity index is 1.64. The fourth-order valence-corrected chi connectivity index (χ4v) is 4.48. The molecule has 0 radical (unpaired) electrons. The average Bonchev–Trinajstić information content (AvgIpc) is 2.64. The van der Waals surface area contributed by atoms with Crippen LogP contribution in [0.3, 0.4) is 0 Å². The van der Waals surface area contributed by atoms with Gasteiger partial charge in [-0.1, -0.05) is 12.1 Å². The monoisotopic (exact) mass is 395 g/mol. The van der Waals surface area contributed by atoms with Crippen molar-refractivity contribution < 1.29 is 26.7 Å². The fourth-order valence-electron chi connectivity index (χ4n) is 3.00. The first-order valence-corrected chi connectivity index (χ1v) is 9.95. The predicted molar refractivity (Wildman–Crippen MR) is 94.7 cm³/mol. The van der Waals surface area contributed by atoms with E-state index in [1.165, 1.54) is 4.31 Å². The molecule has 0 bridgehead atoms. The van der Waals surface area contributed by atoms with E-state index in [0.717, 1.165) is 17.7 Å². The molecule has 1 fully saturated rings. The molecule has 0 amide bonds. The highest BCUT2D eigenvalue weighted by Gasteiger charge is 2.33. The molecule has 0 unspecified atom stereocenters. The van der Waals surface area contributed by atoms with Crippen LogP contribution < -0.4 is 4.74 Å². The maximum absolute atomic E-state index is 13.4. The van der Waals surface area contributed by atoms with Crippen LogP contribution in [0.1, 0.15) is 18.4 Å². The van der Waals surface area contributed by atoms with Crippen LogP contribution in [0, 0.1) is 24.5 Å². The Hall–Kier alpha value is -2.32. The minimum atomic E-state index is -3.94. The molecule has 0 N–H and O–H groups in total. The van der Waals surface area contributed by atoms with Gasteiger partial charge in [-0.2, -0.15) is 4.31 Å². The molecule has 27 heavy (non-hydrogen) atoms. The number of hydrogen-bond acceptors (Lipinski definition) is 4. The van der Waals surface area contributed by atoms with E-state index in [-0.39, 0.29) is 18.0 Å². The van der Waals surface area contributed by atoms with Crippen LogP contribution in [0.25, 0.3) is 0 Å². The van der Waals surface area contributed by atoms with Crippen molar-refractivity contribution in [3.8, 4) is 5.75 Å². The van der Waals surface area contributed by atoms with E-state index in [2.05, 4.69) is 0 Å². The standard InChI is InChI=1S/C19H19F2NO4S/c1-13-3-2-4-15(11-13)26-19(23)14-7-9-22(10-8-14)27(24,25)16-5-6-17(20)18(21)12-16/h2-6,11-12,14H,7-10H2,1H3. The number of carbonyl (C=O) groups is 1. The van der Waals surface area contributed by atoms with Crippen LogP contribution in [0.5, 0.6) is 5.75 Å². The number of piperidine rings is 1. The van der Waals surface area contributed by atoms with Gasteiger partial charge in [-0.25, -0.2) is 17.2 Å². The summed E-state index contributed by atoms with van der Waals surface area (Å²) < 4.78 is 58.1. The van der Waals surface area contributed by atoms with E-state index in [4.69, 9.17) is 4.74 Å². The van der Waals surface area contributed by atoms with Crippen molar-refractivity contribution in [1.29, 1.82) is 0 Å². The van der Waals surface area contributed by atoms with E-state index >= 15 is 0 Å². The van der Waals surface area contributed by atoms with Crippen molar-refractivity contribution in [3.63, 3.8) is 0 Å². The highest BCUT2D eigenvalue weighted by Crippen LogP contribution is 2.26. The molecule has 0 spiro atoms. The van der Waals surface area contributed by atoms with Gasteiger partial charge in [0.15, 0.2) is 11.6 Å². The van der Waals surface area contributed by atoms with Crippen molar-refractivity contribution >= 4 is 16.0 Å². The predicted octanol–water partition coefficient (Wildman–Crippen LogP) is 3.28. The van der Waals surface area contributed by atoms with Gasteiger partial charge in [-0.3, -0.25) is 4.79 Å². The number of rotatable bonds is 4. The zero-order valence-electron chi connectivity index (χ0n) is 14.7. The number of sulfonamides is 1. The topological polar surface area (TPSA) is 63.7 Å². The summed E-state index contributed by atoms with van der Waals surface area (Å²) in [6.45, 7) is 2.10. The molecule has 0 atom stereocenters. The third kappa shape index (κ3) is 4.33. The van der Waals surface area contributed by atoms with E-state index in [9.17, 15) is 22.0 Å². The van der Waals surface area contributed by atoms with Gasteiger partial charge in [0.1, 0.15) is 5.75 Å². The van der Waals surface area contributed by atoms with Crippen molar-refractivity contribution in [1.82, 2.24) is 4.31 Å². The number of halogens is 2. The number of esters is 1. The van der Waals surface area contributed by atoms with Gasteiger partial charge >= 0.3 is 5.97 Å². The summed E-state index contributed by atoms with van der Waals surface area (Å²) in [5.41, 5.74) is 0.966. The summed E-state index contributed by atoms with van der Waals surface area (Å²) in [4.78, 5) is 12.0. The second kappa shape index (κ2) is 7.74. The largest absolute Gasteiger partial charge is 0.426 e. The lowest BCUT2D eigenvalue weighted by Crippen LogP contribution is -2.41. The van der Waals surface area contributed by atoms with Crippen LogP contribution in [0.15, 0.2) is 47.4 Å². The van der Waals surface area contributed by atoms with Gasteiger partial charge in [0.2, 0.25) is 10.0 Å². The third-order valence-electron chi connectivity index (χ3n) is 4.52. The Morgan fingerprint density at radius 1 is 1.07 bits per heavy atom. The van der Waals surface area contributed by atoms with Gasteiger partial charge in [0, 0.05) is 13.1 Å². The lowest BCUT2D eigenvalue weighted by Gasteiger charge is -2.30. The molecule has 0 saturated carbocycles. The molecule has 8 heteroatoms. The summed E-state index contributed by atoms with van der Waals surface area (Å²) >= 11 is 0. The first kappa shape index (κ1) is 19.4. The molecule has 1 aliphatic heterocycles. The molecule has 1 aliphatic rings. The SMILES string of the molecule is Cc1cccc(OC(=O)C2CCN(S(=O)(=O)c3ccc(F)c(F)c3)CC2)c1. The Bertz CT molecular complexity index is 954. The summed E-state index contributed by atoms with van der Waals surface area (Å²) in [5.74, 6) is -2.68. The van der Waals surface area contributed by atoms with Crippen molar-refractivity contribution in [2.24, 2.45) is 5.92 Å². The molecular formula is C19H19F2NO4S. The van der Waals surface area contributed by atoms with E-state index < -0.39 is 33.5 Å². The molecule has 3 rings (SSSR count). The number of aryl methyl sites for hydroxylation is 1. The maximum atomic E-state index is 13.4. The number of hydrogen-bond donors (Lipinski definition) is 0. The molecule has 5 nitrogen and oxygen atoms in total. The van der Waals surface area contributed by atoms with E-state index in [1.54, 1.807) is 18.2 Å². The summed E-state index contributed by atoms with van der Waals surface area (Å²) in [7, 11) is -3.94. The molecule has 144 valence electrons. The molecule has 2 aromatic carbocycles. The zero-order chi connectivity index (χ0) is 19.6. The Kier molecular flexibility index (Phi) is 5.57. The molecule has 1 saturated heterocycles. The quantitative estimate of drug-likeness (QED) is 0.589. The van der Waals surface area contributed by atoms with Crippen LogP contribution in [-0.2, 0) is 14.8 Å². The Morgan fingerprint density at radius 3 is 2.41 bits per heavy atom. The van der Waals surface area contributed by atoms with Gasteiger partial charge in [0.05, 0.1) is 10.8 Å². The lowest BCUT2D eigenvalue weighted by molar-refractivity contribution is -0.140. The molecular weight excluding hydrogens is 376 g/mol. The van der Waals surface area contributed by atoms with E-state index in [0.29, 0.717) is 24.7 Å². The molecule has 2 aromatic rings. The molecule has 1 heterocycles. The second-order valence-electron chi connectivity index (χ2n) is 6.49. The van der Waals surface area contributed by atoms with Gasteiger partial charge in [-0.05, 0) is 55.7 Å². The van der Waals surface area contributed by atoms with Crippen LogP contribution in [0.2, 0.25) is 0 Å². The minimum absolute atomic E-state index is 0.106. The number of ether oxygens (including phenoxy) is 1. The molecule has 0 aromatic heterocycles. The van der Waals surface area contributed by atoms with Crippen molar-refractivity contribution in [2.75, 3.05) is 13.1 Å². The summed E-state index contributed by atoms with van der Waals surface area (Å²) in [6, 6.07) is 9.60. The average molecular weight is 395 g/mol. The second-order valence-corrected chi connectivity index (χ2v) is 8.43. The molecule has 0 aliphatic carbocycles. The van der Waals surface area contributed by atoms with Crippen LogP contribution in [0.4, 0.5) is 8.78 Å². The van der Waals surface area contributed by atoms with Crippen molar-refractivity contribution in [2.45, 2.75) is 24.7 Å². The van der Waals surface area contributed by atoms with E-state index in [1.807, 2.05) is 13.0 Å². The van der Waals surface area contributed by atoms with Gasteiger partial charge in [0.25, 0.3) is 0 Å². The third-order valence-corrected chi connectivity index (χ3v) is 6.42. The summed E-state index contributed by atoms with van der Waals surface area (Å²) in [5, 5.41) is 0. The minimum Gasteiger partial charge on any atom is -0.426 e. The highest BCUT2D eigenvalue weighted by atomic mass is 32.2. The zero-order valence-corrected chi connectivity index (χ0v) is 15.5. The van der Waals surface area contributed by atoms with Gasteiger partial charge in [-0.15, -0.1) is 0 Å². The lowest BCUT2D eigenvalue weighted by atomic mass is 9.98. The first-order valence-electron chi connectivity index (χ1n) is 8.51. The normalized spacial score (nSPS) is 16.3. The number of benzene rings is 2. The smallest absolute Gasteiger partial charge is 0.314 e. The van der Waals surface area contributed by atoms with Crippen LogP contribution in [-0.4, -0.2) is 31.8 Å². The summed E-state index contributed by atoms with van der Waals surface area (Å²) in [6.07, 6.45) is 0.598. The fraction of sp³-hybridized carbons (Fsp3) is 0.316. The maximum Gasteiger partial charge on any atom is 0.314 e. The van der Waals surface area contributed by atoms with Gasteiger partial charge < -0.3 is 4.74 Å². The number of carbonyl (C=O) groups excluding carboxylic acids is 1. The highest BCUT2D eigenvalue weighted by molar-refractivity contribution is 7.89.